The molecule has 4 rings (SSSR count). The van der Waals surface area contributed by atoms with Crippen LogP contribution in [0.1, 0.15) is 5.56 Å². The maximum atomic E-state index is 13.2. The molecule has 0 fully saturated rings. The Balaban J connectivity index is 1.42. The number of carbonyl (C=O) groups is 1. The maximum absolute atomic E-state index is 13.2. The molecule has 0 bridgehead atoms. The molecule has 1 amide bonds. The molecule has 3 aromatic rings. The van der Waals surface area contributed by atoms with E-state index in [2.05, 4.69) is 5.32 Å². The summed E-state index contributed by atoms with van der Waals surface area (Å²) in [4.78, 5) is 12.8. The fourth-order valence-electron chi connectivity index (χ4n) is 3.52. The number of hydrogen-bond donors (Lipinski definition) is 1. The van der Waals surface area contributed by atoms with E-state index in [0.717, 1.165) is 20.6 Å². The molecule has 1 N–H and O–H groups in total. The Bertz CT molecular complexity index is 1270. The molecule has 9 heteroatoms. The second-order valence-corrected chi connectivity index (χ2v) is 10.9. The summed E-state index contributed by atoms with van der Waals surface area (Å²) in [7, 11) is -3.87. The third-order valence-electron chi connectivity index (χ3n) is 5.04. The van der Waals surface area contributed by atoms with Crippen molar-refractivity contribution in [1.29, 1.82) is 0 Å². The summed E-state index contributed by atoms with van der Waals surface area (Å²) in [6.07, 6.45) is 0. The Hall–Kier alpha value is -2.19. The van der Waals surface area contributed by atoms with Crippen LogP contribution in [0.4, 0.5) is 5.69 Å². The van der Waals surface area contributed by atoms with E-state index >= 15 is 0 Å². The van der Waals surface area contributed by atoms with Crippen LogP contribution in [0.5, 0.6) is 0 Å². The van der Waals surface area contributed by atoms with Gasteiger partial charge < -0.3 is 5.32 Å². The zero-order valence-corrected chi connectivity index (χ0v) is 20.1. The zero-order chi connectivity index (χ0) is 22.7. The van der Waals surface area contributed by atoms with Gasteiger partial charge in [0.25, 0.3) is 10.0 Å². The summed E-state index contributed by atoms with van der Waals surface area (Å²) in [5, 5.41) is 4.03. The van der Waals surface area contributed by atoms with Crippen molar-refractivity contribution in [3.05, 3.63) is 82.3 Å². The standard InChI is InChI=1S/C23H20Cl2N2O3S2/c24-17-9-10-21-19(13-17)18-6-2-4-8-22(18)32(29,30)27(21)14-23(28)26-11-12-31-15-16-5-1-3-7-20(16)25/h1-10,13H,11-12,14-15H2,(H,26,28). The van der Waals surface area contributed by atoms with E-state index in [1.165, 1.54) is 0 Å². The Labute approximate surface area is 201 Å². The van der Waals surface area contributed by atoms with Crippen LogP contribution in [-0.2, 0) is 20.6 Å². The molecule has 0 aromatic heterocycles. The number of nitrogens with one attached hydrogen (secondary N) is 1. The minimum atomic E-state index is -3.87. The average molecular weight is 507 g/mol. The second-order valence-electron chi connectivity index (χ2n) is 7.16. The number of rotatable bonds is 7. The van der Waals surface area contributed by atoms with Gasteiger partial charge in [-0.15, -0.1) is 0 Å². The number of halogens is 2. The lowest BCUT2D eigenvalue weighted by atomic mass is 10.0. The summed E-state index contributed by atoms with van der Waals surface area (Å²) >= 11 is 14.0. The minimum Gasteiger partial charge on any atom is -0.354 e. The molecular formula is C23H20Cl2N2O3S2. The van der Waals surface area contributed by atoms with Crippen LogP contribution in [0.2, 0.25) is 10.0 Å². The zero-order valence-electron chi connectivity index (χ0n) is 16.9. The van der Waals surface area contributed by atoms with E-state index in [0.29, 0.717) is 34.1 Å². The van der Waals surface area contributed by atoms with Gasteiger partial charge in [-0.05, 0) is 35.9 Å². The average Bonchev–Trinajstić information content (AvgIpc) is 2.78. The van der Waals surface area contributed by atoms with Gasteiger partial charge in [0, 0.05) is 39.2 Å². The lowest BCUT2D eigenvalue weighted by molar-refractivity contribution is -0.119. The largest absolute Gasteiger partial charge is 0.354 e. The van der Waals surface area contributed by atoms with E-state index in [-0.39, 0.29) is 17.3 Å². The van der Waals surface area contributed by atoms with Crippen LogP contribution in [0.3, 0.4) is 0 Å². The quantitative estimate of drug-likeness (QED) is 0.446. The molecule has 1 aliphatic heterocycles. The topological polar surface area (TPSA) is 66.5 Å². The fourth-order valence-corrected chi connectivity index (χ4v) is 6.49. The molecule has 3 aromatic carbocycles. The lowest BCUT2D eigenvalue weighted by Gasteiger charge is -2.31. The number of sulfonamides is 1. The SMILES string of the molecule is O=C(CN1c2ccc(Cl)cc2-c2ccccc2S1(=O)=O)NCCSCc1ccccc1Cl. The molecule has 166 valence electrons. The summed E-state index contributed by atoms with van der Waals surface area (Å²) in [6, 6.07) is 19.4. The van der Waals surface area contributed by atoms with Crippen molar-refractivity contribution in [2.24, 2.45) is 0 Å². The molecule has 0 spiro atoms. The molecule has 0 saturated heterocycles. The number of nitrogens with zero attached hydrogens (tertiary/aromatic N) is 1. The van der Waals surface area contributed by atoms with Crippen LogP contribution < -0.4 is 9.62 Å². The summed E-state index contributed by atoms with van der Waals surface area (Å²) in [5.41, 5.74) is 2.75. The van der Waals surface area contributed by atoms with Crippen LogP contribution in [0.25, 0.3) is 11.1 Å². The Morgan fingerprint density at radius 3 is 2.53 bits per heavy atom. The van der Waals surface area contributed by atoms with E-state index in [1.54, 1.807) is 54.2 Å². The molecule has 0 saturated carbocycles. The first-order valence-corrected chi connectivity index (χ1v) is 13.2. The van der Waals surface area contributed by atoms with Gasteiger partial charge in [-0.2, -0.15) is 11.8 Å². The van der Waals surface area contributed by atoms with Gasteiger partial charge in [0.15, 0.2) is 0 Å². The minimum absolute atomic E-state index is 0.165. The number of hydrogen-bond acceptors (Lipinski definition) is 4. The summed E-state index contributed by atoms with van der Waals surface area (Å²) in [6.45, 7) is 0.117. The second kappa shape index (κ2) is 9.75. The van der Waals surface area contributed by atoms with Crippen molar-refractivity contribution >= 4 is 56.6 Å². The first kappa shape index (κ1) is 23.0. The van der Waals surface area contributed by atoms with Crippen LogP contribution in [0.15, 0.2) is 71.6 Å². The number of thioether (sulfide) groups is 1. The molecule has 1 aliphatic rings. The number of anilines is 1. The Kier molecular flexibility index (Phi) is 7.00. The highest BCUT2D eigenvalue weighted by molar-refractivity contribution is 7.98. The van der Waals surface area contributed by atoms with Crippen molar-refractivity contribution in [3.63, 3.8) is 0 Å². The van der Waals surface area contributed by atoms with Gasteiger partial charge in [-0.3, -0.25) is 9.10 Å². The Morgan fingerprint density at radius 2 is 1.72 bits per heavy atom. The van der Waals surface area contributed by atoms with Crippen molar-refractivity contribution in [2.75, 3.05) is 23.1 Å². The lowest BCUT2D eigenvalue weighted by Crippen LogP contribution is -2.43. The van der Waals surface area contributed by atoms with Crippen molar-refractivity contribution in [2.45, 2.75) is 10.6 Å². The maximum Gasteiger partial charge on any atom is 0.265 e. The number of amides is 1. The molecule has 1 heterocycles. The van der Waals surface area contributed by atoms with E-state index in [1.807, 2.05) is 24.3 Å². The molecule has 0 unspecified atom stereocenters. The molecular weight excluding hydrogens is 487 g/mol. The summed E-state index contributed by atoms with van der Waals surface area (Å²) in [5.74, 6) is 1.05. The van der Waals surface area contributed by atoms with Crippen molar-refractivity contribution in [3.8, 4) is 11.1 Å². The number of fused-ring (bicyclic) bond motifs is 3. The Morgan fingerprint density at radius 1 is 0.969 bits per heavy atom. The van der Waals surface area contributed by atoms with Crippen LogP contribution in [0, 0.1) is 0 Å². The highest BCUT2D eigenvalue weighted by atomic mass is 35.5. The third-order valence-corrected chi connectivity index (χ3v) is 8.47. The van der Waals surface area contributed by atoms with Gasteiger partial charge in [0.1, 0.15) is 6.54 Å². The van der Waals surface area contributed by atoms with Crippen molar-refractivity contribution < 1.29 is 13.2 Å². The van der Waals surface area contributed by atoms with Gasteiger partial charge in [-0.1, -0.05) is 59.6 Å². The number of benzene rings is 3. The third kappa shape index (κ3) is 4.76. The first-order valence-electron chi connectivity index (χ1n) is 9.87. The van der Waals surface area contributed by atoms with Gasteiger partial charge in [-0.25, -0.2) is 8.42 Å². The van der Waals surface area contributed by atoms with E-state index < -0.39 is 10.0 Å². The first-order chi connectivity index (χ1) is 15.4. The van der Waals surface area contributed by atoms with Crippen LogP contribution in [-0.4, -0.2) is 33.2 Å². The molecule has 0 radical (unpaired) electrons. The highest BCUT2D eigenvalue weighted by Crippen LogP contribution is 2.43. The predicted octanol–water partition coefficient (Wildman–Crippen LogP) is 5.22. The molecule has 5 nitrogen and oxygen atoms in total. The fraction of sp³-hybridized carbons (Fsp3) is 0.174. The van der Waals surface area contributed by atoms with Gasteiger partial charge in [0.2, 0.25) is 5.91 Å². The normalized spacial score (nSPS) is 13.9. The molecule has 0 atom stereocenters. The smallest absolute Gasteiger partial charge is 0.265 e. The number of carbonyl (C=O) groups excluding carboxylic acids is 1. The predicted molar refractivity (Wildman–Crippen MR) is 132 cm³/mol. The van der Waals surface area contributed by atoms with E-state index in [9.17, 15) is 13.2 Å². The monoisotopic (exact) mass is 506 g/mol. The van der Waals surface area contributed by atoms with Crippen LogP contribution >= 0.6 is 35.0 Å². The van der Waals surface area contributed by atoms with Gasteiger partial charge in [0.05, 0.1) is 10.6 Å². The van der Waals surface area contributed by atoms with E-state index in [4.69, 9.17) is 23.2 Å². The molecule has 0 aliphatic carbocycles. The highest BCUT2D eigenvalue weighted by Gasteiger charge is 2.35. The summed E-state index contributed by atoms with van der Waals surface area (Å²) < 4.78 is 27.6. The van der Waals surface area contributed by atoms with Crippen molar-refractivity contribution in [1.82, 2.24) is 5.32 Å². The van der Waals surface area contributed by atoms with Gasteiger partial charge >= 0.3 is 0 Å². The molecule has 32 heavy (non-hydrogen) atoms.